The van der Waals surface area contributed by atoms with Gasteiger partial charge in [-0.25, -0.2) is 4.98 Å². The quantitative estimate of drug-likeness (QED) is 0.843. The highest BCUT2D eigenvalue weighted by atomic mass is 79.9. The molecule has 0 saturated heterocycles. The zero-order valence-corrected chi connectivity index (χ0v) is 11.6. The Balaban J connectivity index is 2.36. The zero-order valence-electron chi connectivity index (χ0n) is 9.16. The molecule has 84 valence electrons. The minimum absolute atomic E-state index is 0.685. The van der Waals surface area contributed by atoms with E-state index >= 15 is 0 Å². The molecule has 0 radical (unpaired) electrons. The smallest absolute Gasteiger partial charge is 0.124 e. The molecule has 0 unspecified atom stereocenters. The van der Waals surface area contributed by atoms with E-state index in [1.54, 1.807) is 11.3 Å². The van der Waals surface area contributed by atoms with Crippen LogP contribution in [0.25, 0.3) is 10.6 Å². The molecule has 1 heterocycles. The Bertz CT molecular complexity index is 476. The van der Waals surface area contributed by atoms with Gasteiger partial charge < -0.3 is 4.74 Å². The molecule has 2 nitrogen and oxygen atoms in total. The minimum Gasteiger partial charge on any atom is -0.494 e. The predicted octanol–water partition coefficient (Wildman–Crippen LogP) is 4.28. The van der Waals surface area contributed by atoms with Crippen LogP contribution in [0, 0.1) is 6.92 Å². The topological polar surface area (TPSA) is 22.1 Å². The maximum atomic E-state index is 5.47. The Morgan fingerprint density at radius 2 is 2.25 bits per heavy atom. The molecule has 0 aliphatic rings. The summed E-state index contributed by atoms with van der Waals surface area (Å²) in [6.45, 7) is 4.66. The number of rotatable bonds is 3. The first-order valence-corrected chi connectivity index (χ1v) is 6.68. The van der Waals surface area contributed by atoms with Crippen LogP contribution < -0.4 is 4.74 Å². The Morgan fingerprint density at radius 1 is 1.44 bits per heavy atom. The maximum absolute atomic E-state index is 5.47. The number of hydrogen-bond donors (Lipinski definition) is 0. The number of benzene rings is 1. The highest BCUT2D eigenvalue weighted by Gasteiger charge is 2.07. The van der Waals surface area contributed by atoms with Crippen molar-refractivity contribution in [1.29, 1.82) is 0 Å². The van der Waals surface area contributed by atoms with Crippen molar-refractivity contribution in [3.8, 4) is 16.3 Å². The largest absolute Gasteiger partial charge is 0.494 e. The van der Waals surface area contributed by atoms with E-state index in [1.165, 1.54) is 0 Å². The Hall–Kier alpha value is -0.870. The van der Waals surface area contributed by atoms with E-state index in [0.29, 0.717) is 6.61 Å². The Kier molecular flexibility index (Phi) is 3.61. The van der Waals surface area contributed by atoms with Crippen molar-refractivity contribution in [2.75, 3.05) is 6.61 Å². The average Bonchev–Trinajstić information content (AvgIpc) is 2.60. The SMILES string of the molecule is CCOc1cccc(-c2nc(C)c(Br)s2)c1. The standard InChI is InChI=1S/C12H12BrNOS/c1-3-15-10-6-4-5-9(7-10)12-14-8(2)11(13)16-12/h4-7H,3H2,1-2H3. The Morgan fingerprint density at radius 3 is 2.88 bits per heavy atom. The number of thiazole rings is 1. The summed E-state index contributed by atoms with van der Waals surface area (Å²) in [6.07, 6.45) is 0. The van der Waals surface area contributed by atoms with E-state index in [2.05, 4.69) is 20.9 Å². The molecule has 16 heavy (non-hydrogen) atoms. The number of ether oxygens (including phenoxy) is 1. The fraction of sp³-hybridized carbons (Fsp3) is 0.250. The summed E-state index contributed by atoms with van der Waals surface area (Å²) in [6, 6.07) is 8.02. The number of halogens is 1. The molecule has 1 aromatic carbocycles. The maximum Gasteiger partial charge on any atom is 0.124 e. The van der Waals surface area contributed by atoms with Gasteiger partial charge in [0.05, 0.1) is 16.1 Å². The van der Waals surface area contributed by atoms with Crippen molar-refractivity contribution in [1.82, 2.24) is 4.98 Å². The first kappa shape index (κ1) is 11.6. The summed E-state index contributed by atoms with van der Waals surface area (Å²) in [5, 5.41) is 1.02. The van der Waals surface area contributed by atoms with Crippen molar-refractivity contribution in [2.24, 2.45) is 0 Å². The fourth-order valence-electron chi connectivity index (χ4n) is 1.39. The lowest BCUT2D eigenvalue weighted by Crippen LogP contribution is -1.90. The molecule has 0 N–H and O–H groups in total. The lowest BCUT2D eigenvalue weighted by Gasteiger charge is -2.03. The molecule has 0 atom stereocenters. The molecule has 0 aliphatic heterocycles. The van der Waals surface area contributed by atoms with E-state index < -0.39 is 0 Å². The van der Waals surface area contributed by atoms with Crippen LogP contribution in [0.15, 0.2) is 28.1 Å². The van der Waals surface area contributed by atoms with E-state index in [9.17, 15) is 0 Å². The van der Waals surface area contributed by atoms with E-state index in [0.717, 1.165) is 25.8 Å². The van der Waals surface area contributed by atoms with Gasteiger partial charge in [-0.3, -0.25) is 0 Å². The number of aryl methyl sites for hydroxylation is 1. The first-order chi connectivity index (χ1) is 7.70. The molecule has 1 aromatic heterocycles. The van der Waals surface area contributed by atoms with Crippen LogP contribution in [0.5, 0.6) is 5.75 Å². The van der Waals surface area contributed by atoms with Gasteiger partial charge in [0, 0.05) is 5.56 Å². The van der Waals surface area contributed by atoms with Crippen LogP contribution in [0.1, 0.15) is 12.6 Å². The predicted molar refractivity (Wildman–Crippen MR) is 71.2 cm³/mol. The van der Waals surface area contributed by atoms with Crippen molar-refractivity contribution < 1.29 is 4.74 Å². The van der Waals surface area contributed by atoms with E-state index in [1.807, 2.05) is 38.1 Å². The van der Waals surface area contributed by atoms with Gasteiger partial charge in [-0.1, -0.05) is 12.1 Å². The molecule has 2 aromatic rings. The second-order valence-electron chi connectivity index (χ2n) is 3.34. The minimum atomic E-state index is 0.685. The molecule has 0 saturated carbocycles. The summed E-state index contributed by atoms with van der Waals surface area (Å²) in [4.78, 5) is 4.50. The second-order valence-corrected chi connectivity index (χ2v) is 5.66. The highest BCUT2D eigenvalue weighted by molar-refractivity contribution is 9.11. The first-order valence-electron chi connectivity index (χ1n) is 5.07. The summed E-state index contributed by atoms with van der Waals surface area (Å²) in [7, 11) is 0. The number of hydrogen-bond acceptors (Lipinski definition) is 3. The molecule has 0 bridgehead atoms. The third-order valence-electron chi connectivity index (χ3n) is 2.13. The molecule has 4 heteroatoms. The molecule has 0 spiro atoms. The molecule has 2 rings (SSSR count). The lowest BCUT2D eigenvalue weighted by atomic mass is 10.2. The normalized spacial score (nSPS) is 10.4. The van der Waals surface area contributed by atoms with Crippen LogP contribution in [0.3, 0.4) is 0 Å². The van der Waals surface area contributed by atoms with Crippen molar-refractivity contribution in [2.45, 2.75) is 13.8 Å². The molecular formula is C12H12BrNOS. The van der Waals surface area contributed by atoms with Crippen LogP contribution >= 0.6 is 27.3 Å². The van der Waals surface area contributed by atoms with Gasteiger partial charge in [0.25, 0.3) is 0 Å². The van der Waals surface area contributed by atoms with Crippen molar-refractivity contribution in [3.05, 3.63) is 33.7 Å². The van der Waals surface area contributed by atoms with E-state index in [4.69, 9.17) is 4.74 Å². The monoisotopic (exact) mass is 297 g/mol. The highest BCUT2D eigenvalue weighted by Crippen LogP contribution is 2.32. The molecular weight excluding hydrogens is 286 g/mol. The Labute approximate surface area is 107 Å². The number of aromatic nitrogens is 1. The second kappa shape index (κ2) is 4.97. The van der Waals surface area contributed by atoms with Gasteiger partial charge in [-0.15, -0.1) is 11.3 Å². The fourth-order valence-corrected chi connectivity index (χ4v) is 2.73. The van der Waals surface area contributed by atoms with Crippen molar-refractivity contribution in [3.63, 3.8) is 0 Å². The molecule has 0 amide bonds. The number of nitrogens with zero attached hydrogens (tertiary/aromatic N) is 1. The third-order valence-corrected chi connectivity index (χ3v) is 4.19. The van der Waals surface area contributed by atoms with Crippen molar-refractivity contribution >= 4 is 27.3 Å². The summed E-state index contributed by atoms with van der Waals surface area (Å²) in [5.41, 5.74) is 2.13. The average molecular weight is 298 g/mol. The van der Waals surface area contributed by atoms with Crippen LogP contribution in [-0.2, 0) is 0 Å². The van der Waals surface area contributed by atoms with Crippen LogP contribution in [0.2, 0.25) is 0 Å². The van der Waals surface area contributed by atoms with Gasteiger partial charge >= 0.3 is 0 Å². The van der Waals surface area contributed by atoms with Gasteiger partial charge in [0.1, 0.15) is 10.8 Å². The van der Waals surface area contributed by atoms with Crippen LogP contribution in [0.4, 0.5) is 0 Å². The molecule has 0 fully saturated rings. The third kappa shape index (κ3) is 2.44. The summed E-state index contributed by atoms with van der Waals surface area (Å²) >= 11 is 5.13. The molecule has 0 aliphatic carbocycles. The summed E-state index contributed by atoms with van der Waals surface area (Å²) in [5.74, 6) is 0.893. The van der Waals surface area contributed by atoms with Gasteiger partial charge in [-0.2, -0.15) is 0 Å². The summed E-state index contributed by atoms with van der Waals surface area (Å²) < 4.78 is 6.56. The van der Waals surface area contributed by atoms with Crippen LogP contribution in [-0.4, -0.2) is 11.6 Å². The zero-order chi connectivity index (χ0) is 11.5. The van der Waals surface area contributed by atoms with Gasteiger partial charge in [0.15, 0.2) is 0 Å². The lowest BCUT2D eigenvalue weighted by molar-refractivity contribution is 0.340. The van der Waals surface area contributed by atoms with E-state index in [-0.39, 0.29) is 0 Å². The van der Waals surface area contributed by atoms with Gasteiger partial charge in [-0.05, 0) is 41.9 Å². The van der Waals surface area contributed by atoms with Gasteiger partial charge in [0.2, 0.25) is 0 Å².